The molecule has 1 aliphatic rings. The average molecular weight is 300 g/mol. The molecular weight excluding hydrogens is 276 g/mol. The van der Waals surface area contributed by atoms with Crippen molar-refractivity contribution in [3.05, 3.63) is 12.2 Å². The molecule has 1 fully saturated rings. The monoisotopic (exact) mass is 300 g/mol. The fraction of sp³-hybridized carbons (Fsp3) is 0.733. The molecule has 0 aliphatic carbocycles. The van der Waals surface area contributed by atoms with Crippen LogP contribution in [0.25, 0.3) is 0 Å². The fourth-order valence-corrected chi connectivity index (χ4v) is 2.64. The van der Waals surface area contributed by atoms with E-state index in [4.69, 9.17) is 8.92 Å². The van der Waals surface area contributed by atoms with Crippen molar-refractivity contribution in [3.63, 3.8) is 0 Å². The van der Waals surface area contributed by atoms with Crippen LogP contribution < -0.4 is 0 Å². The van der Waals surface area contributed by atoms with Gasteiger partial charge in [-0.1, -0.05) is 38.2 Å². The maximum Gasteiger partial charge on any atom is 0.264 e. The number of hydrogen-bond acceptors (Lipinski definition) is 4. The molecule has 4 atom stereocenters. The molecule has 0 N–H and O–H groups in total. The quantitative estimate of drug-likeness (QED) is 0.578. The maximum atomic E-state index is 11.2. The topological polar surface area (TPSA) is 52.6 Å². The second-order valence-electron chi connectivity index (χ2n) is 5.33. The number of rotatable bonds is 5. The lowest BCUT2D eigenvalue weighted by Gasteiger charge is -2.14. The molecule has 0 radical (unpaired) electrons. The minimum absolute atomic E-state index is 0.00389. The Hall–Kier alpha value is -0.830. The van der Waals surface area contributed by atoms with Gasteiger partial charge >= 0.3 is 0 Å². The summed E-state index contributed by atoms with van der Waals surface area (Å²) < 4.78 is 33.1. The molecule has 0 aromatic carbocycles. The zero-order valence-corrected chi connectivity index (χ0v) is 13.4. The molecule has 0 spiro atoms. The van der Waals surface area contributed by atoms with E-state index in [1.54, 1.807) is 0 Å². The number of allylic oxidation sites excluding steroid dienone is 2. The Kier molecular flexibility index (Phi) is 6.74. The van der Waals surface area contributed by atoms with Gasteiger partial charge < -0.3 is 4.74 Å². The molecule has 5 heteroatoms. The Balaban J connectivity index is 2.53. The van der Waals surface area contributed by atoms with Gasteiger partial charge in [-0.15, -0.1) is 0 Å². The summed E-state index contributed by atoms with van der Waals surface area (Å²) in [5.74, 6) is 6.49. The highest BCUT2D eigenvalue weighted by Gasteiger charge is 2.35. The predicted octanol–water partition coefficient (Wildman–Crippen LogP) is 2.50. The third-order valence-corrected chi connectivity index (χ3v) is 3.84. The zero-order chi connectivity index (χ0) is 15.2. The van der Waals surface area contributed by atoms with Crippen molar-refractivity contribution < 1.29 is 17.3 Å². The molecule has 0 amide bonds. The molecule has 20 heavy (non-hydrogen) atoms. The fourth-order valence-electron chi connectivity index (χ4n) is 1.99. The van der Waals surface area contributed by atoms with Crippen LogP contribution in [-0.4, -0.2) is 33.0 Å². The number of hydrogen-bond donors (Lipinski definition) is 0. The SMILES string of the molecule is CC[C@@H](C)/C=C/C#CCC1OC(C)CC1OS(C)(=O)=O. The van der Waals surface area contributed by atoms with E-state index >= 15 is 0 Å². The molecule has 0 saturated carbocycles. The standard InChI is InChI=1S/C15H24O4S/c1-5-12(2)9-7-6-8-10-14-15(11-13(3)18-14)19-20(4,16)17/h7,9,12-15H,5,10-11H2,1-4H3/b9-7+/t12-,13?,14?,15?/m1/s1. The van der Waals surface area contributed by atoms with Gasteiger partial charge in [-0.05, 0) is 18.9 Å². The van der Waals surface area contributed by atoms with Crippen LogP contribution in [0.3, 0.4) is 0 Å². The first-order chi connectivity index (χ1) is 9.31. The molecule has 1 aliphatic heterocycles. The first-order valence-corrected chi connectivity index (χ1v) is 8.82. The van der Waals surface area contributed by atoms with Gasteiger partial charge in [-0.25, -0.2) is 0 Å². The van der Waals surface area contributed by atoms with E-state index in [0.29, 0.717) is 18.8 Å². The van der Waals surface area contributed by atoms with Crippen LogP contribution in [0.15, 0.2) is 12.2 Å². The van der Waals surface area contributed by atoms with Crippen LogP contribution in [0.1, 0.15) is 40.0 Å². The summed E-state index contributed by atoms with van der Waals surface area (Å²) in [6.07, 6.45) is 6.44. The summed E-state index contributed by atoms with van der Waals surface area (Å²) in [4.78, 5) is 0. The Labute approximate surface area is 122 Å². The van der Waals surface area contributed by atoms with Crippen LogP contribution >= 0.6 is 0 Å². The van der Waals surface area contributed by atoms with Gasteiger partial charge in [0.1, 0.15) is 6.10 Å². The lowest BCUT2D eigenvalue weighted by molar-refractivity contribution is 0.0289. The van der Waals surface area contributed by atoms with Crippen molar-refractivity contribution in [1.82, 2.24) is 0 Å². The highest BCUT2D eigenvalue weighted by molar-refractivity contribution is 7.86. The summed E-state index contributed by atoms with van der Waals surface area (Å²) in [5, 5.41) is 0. The van der Waals surface area contributed by atoms with E-state index in [2.05, 4.69) is 31.8 Å². The first kappa shape index (κ1) is 17.2. The molecule has 114 valence electrons. The Morgan fingerprint density at radius 1 is 1.50 bits per heavy atom. The summed E-state index contributed by atoms with van der Waals surface area (Å²) >= 11 is 0. The van der Waals surface area contributed by atoms with E-state index in [1.165, 1.54) is 0 Å². The minimum Gasteiger partial charge on any atom is -0.371 e. The van der Waals surface area contributed by atoms with Gasteiger partial charge in [0.2, 0.25) is 0 Å². The second kappa shape index (κ2) is 7.82. The van der Waals surface area contributed by atoms with E-state index in [0.717, 1.165) is 12.7 Å². The van der Waals surface area contributed by atoms with Crippen molar-refractivity contribution in [1.29, 1.82) is 0 Å². The largest absolute Gasteiger partial charge is 0.371 e. The van der Waals surface area contributed by atoms with E-state index in [9.17, 15) is 8.42 Å². The second-order valence-corrected chi connectivity index (χ2v) is 6.93. The number of ether oxygens (including phenoxy) is 1. The van der Waals surface area contributed by atoms with Crippen LogP contribution in [0.2, 0.25) is 0 Å². The molecule has 0 bridgehead atoms. The Morgan fingerprint density at radius 2 is 2.20 bits per heavy atom. The molecule has 1 heterocycles. The third-order valence-electron chi connectivity index (χ3n) is 3.24. The molecule has 3 unspecified atom stereocenters. The lowest BCUT2D eigenvalue weighted by Crippen LogP contribution is -2.26. The maximum absolute atomic E-state index is 11.2. The Morgan fingerprint density at radius 3 is 2.80 bits per heavy atom. The average Bonchev–Trinajstić information content (AvgIpc) is 2.66. The molecular formula is C15H24O4S. The van der Waals surface area contributed by atoms with Crippen molar-refractivity contribution in [2.24, 2.45) is 5.92 Å². The molecule has 0 aromatic rings. The van der Waals surface area contributed by atoms with Gasteiger partial charge in [0.25, 0.3) is 10.1 Å². The zero-order valence-electron chi connectivity index (χ0n) is 12.6. The van der Waals surface area contributed by atoms with Crippen molar-refractivity contribution in [3.8, 4) is 11.8 Å². The van der Waals surface area contributed by atoms with Gasteiger partial charge in [0, 0.05) is 12.8 Å². The molecule has 1 rings (SSSR count). The lowest BCUT2D eigenvalue weighted by atomic mass is 10.1. The Bertz CT molecular complexity index is 484. The van der Waals surface area contributed by atoms with Gasteiger partial charge in [0.05, 0.1) is 18.5 Å². The van der Waals surface area contributed by atoms with Gasteiger partial charge in [0.15, 0.2) is 0 Å². The smallest absolute Gasteiger partial charge is 0.264 e. The van der Waals surface area contributed by atoms with Crippen molar-refractivity contribution >= 4 is 10.1 Å². The molecule has 4 nitrogen and oxygen atoms in total. The minimum atomic E-state index is -3.46. The van der Waals surface area contributed by atoms with Crippen LogP contribution in [-0.2, 0) is 19.0 Å². The highest BCUT2D eigenvalue weighted by atomic mass is 32.2. The highest BCUT2D eigenvalue weighted by Crippen LogP contribution is 2.26. The predicted molar refractivity (Wildman–Crippen MR) is 79.7 cm³/mol. The third kappa shape index (κ3) is 6.56. The molecule has 0 aromatic heterocycles. The van der Waals surface area contributed by atoms with Crippen molar-refractivity contribution in [2.45, 2.75) is 58.3 Å². The van der Waals surface area contributed by atoms with Crippen LogP contribution in [0.4, 0.5) is 0 Å². The van der Waals surface area contributed by atoms with Crippen LogP contribution in [0, 0.1) is 17.8 Å². The van der Waals surface area contributed by atoms with E-state index in [1.807, 2.05) is 13.0 Å². The summed E-state index contributed by atoms with van der Waals surface area (Å²) in [6.45, 7) is 6.17. The van der Waals surface area contributed by atoms with E-state index in [-0.39, 0.29) is 12.2 Å². The van der Waals surface area contributed by atoms with Crippen LogP contribution in [0.5, 0.6) is 0 Å². The first-order valence-electron chi connectivity index (χ1n) is 7.00. The summed E-state index contributed by atoms with van der Waals surface area (Å²) in [7, 11) is -3.46. The molecule has 1 saturated heterocycles. The summed E-state index contributed by atoms with van der Waals surface area (Å²) in [5.41, 5.74) is 0. The van der Waals surface area contributed by atoms with Gasteiger partial charge in [-0.2, -0.15) is 8.42 Å². The summed E-state index contributed by atoms with van der Waals surface area (Å²) in [6, 6.07) is 0. The normalized spacial score (nSPS) is 28.3. The van der Waals surface area contributed by atoms with Gasteiger partial charge in [-0.3, -0.25) is 4.18 Å². The van der Waals surface area contributed by atoms with Crippen molar-refractivity contribution in [2.75, 3.05) is 6.26 Å². The van der Waals surface area contributed by atoms with E-state index < -0.39 is 16.2 Å².